The molecule has 1 aromatic carbocycles. The summed E-state index contributed by atoms with van der Waals surface area (Å²) in [5.41, 5.74) is 0.814. The van der Waals surface area contributed by atoms with Crippen LogP contribution >= 0.6 is 0 Å². The van der Waals surface area contributed by atoms with E-state index < -0.39 is 4.92 Å². The molecule has 0 unspecified atom stereocenters. The van der Waals surface area contributed by atoms with Gasteiger partial charge in [-0.25, -0.2) is 4.98 Å². The zero-order valence-electron chi connectivity index (χ0n) is 10.7. The molecule has 2 aromatic heterocycles. The Hall–Kier alpha value is -2.89. The van der Waals surface area contributed by atoms with Crippen LogP contribution in [0.4, 0.5) is 11.5 Å². The lowest BCUT2D eigenvalue weighted by Gasteiger charge is -2.02. The van der Waals surface area contributed by atoms with E-state index >= 15 is 0 Å². The van der Waals surface area contributed by atoms with Crippen LogP contribution in [0.25, 0.3) is 22.4 Å². The molecule has 6 nitrogen and oxygen atoms in total. The zero-order valence-corrected chi connectivity index (χ0v) is 10.7. The fourth-order valence-electron chi connectivity index (χ4n) is 2.02. The second kappa shape index (κ2) is 4.65. The molecule has 0 saturated heterocycles. The van der Waals surface area contributed by atoms with Gasteiger partial charge in [0.2, 0.25) is 0 Å². The van der Waals surface area contributed by atoms with Crippen LogP contribution in [0.5, 0.6) is 0 Å². The minimum atomic E-state index is -0.463. The maximum Gasteiger partial charge on any atom is 0.298 e. The van der Waals surface area contributed by atoms with Gasteiger partial charge in [0.25, 0.3) is 5.69 Å². The Labute approximate surface area is 114 Å². The van der Waals surface area contributed by atoms with Gasteiger partial charge in [0.1, 0.15) is 11.4 Å². The summed E-state index contributed by atoms with van der Waals surface area (Å²) in [4.78, 5) is 14.9. The molecule has 3 rings (SSSR count). The number of para-hydroxylation sites is 1. The SMILES string of the molecule is CNc1ccc([N+](=O)[O-])c(-c2cc3ccccc3o2)n1. The normalized spacial score (nSPS) is 10.7. The number of benzene rings is 1. The van der Waals surface area contributed by atoms with Gasteiger partial charge >= 0.3 is 0 Å². The van der Waals surface area contributed by atoms with Crippen molar-refractivity contribution in [2.75, 3.05) is 12.4 Å². The summed E-state index contributed by atoms with van der Waals surface area (Å²) in [6, 6.07) is 12.2. The summed E-state index contributed by atoms with van der Waals surface area (Å²) in [5, 5.41) is 14.9. The van der Waals surface area contributed by atoms with E-state index in [-0.39, 0.29) is 11.4 Å². The number of hydrogen-bond acceptors (Lipinski definition) is 5. The number of nitrogens with zero attached hydrogens (tertiary/aromatic N) is 2. The van der Waals surface area contributed by atoms with Gasteiger partial charge in [0, 0.05) is 18.5 Å². The summed E-state index contributed by atoms with van der Waals surface area (Å²) in [6.45, 7) is 0. The predicted molar refractivity (Wildman–Crippen MR) is 75.6 cm³/mol. The van der Waals surface area contributed by atoms with Crippen molar-refractivity contribution < 1.29 is 9.34 Å². The molecule has 0 amide bonds. The average Bonchev–Trinajstić information content (AvgIpc) is 2.90. The number of furan rings is 1. The first kappa shape index (κ1) is 12.2. The molecule has 20 heavy (non-hydrogen) atoms. The first-order valence-corrected chi connectivity index (χ1v) is 6.01. The lowest BCUT2D eigenvalue weighted by atomic mass is 10.2. The van der Waals surface area contributed by atoms with Gasteiger partial charge in [-0.1, -0.05) is 18.2 Å². The summed E-state index contributed by atoms with van der Waals surface area (Å²) in [5.74, 6) is 0.932. The number of fused-ring (bicyclic) bond motifs is 1. The van der Waals surface area contributed by atoms with Crippen molar-refractivity contribution in [3.05, 3.63) is 52.6 Å². The summed E-state index contributed by atoms with van der Waals surface area (Å²) in [6.07, 6.45) is 0. The number of nitro groups is 1. The Morgan fingerprint density at radius 3 is 2.75 bits per heavy atom. The van der Waals surface area contributed by atoms with Crippen molar-refractivity contribution >= 4 is 22.5 Å². The second-order valence-electron chi connectivity index (χ2n) is 4.22. The van der Waals surface area contributed by atoms with Crippen LogP contribution in [0, 0.1) is 10.1 Å². The van der Waals surface area contributed by atoms with E-state index in [4.69, 9.17) is 4.42 Å². The van der Waals surface area contributed by atoms with Crippen LogP contribution in [-0.4, -0.2) is 17.0 Å². The van der Waals surface area contributed by atoms with E-state index in [1.807, 2.05) is 24.3 Å². The van der Waals surface area contributed by atoms with Crippen LogP contribution in [0.1, 0.15) is 0 Å². The van der Waals surface area contributed by atoms with Gasteiger partial charge in [0.05, 0.1) is 4.92 Å². The van der Waals surface area contributed by atoms with Crippen LogP contribution < -0.4 is 5.32 Å². The first-order valence-electron chi connectivity index (χ1n) is 6.01. The Balaban J connectivity index is 2.23. The molecule has 0 aliphatic carbocycles. The largest absolute Gasteiger partial charge is 0.454 e. The van der Waals surface area contributed by atoms with Gasteiger partial charge in [-0.3, -0.25) is 10.1 Å². The predicted octanol–water partition coefficient (Wildman–Crippen LogP) is 3.44. The molecule has 3 aromatic rings. The standard InChI is InChI=1S/C14H11N3O3/c1-15-13-7-6-10(17(18)19)14(16-13)12-8-9-4-2-3-5-11(9)20-12/h2-8H,1H3,(H,15,16). The lowest BCUT2D eigenvalue weighted by Crippen LogP contribution is -1.98. The van der Waals surface area contributed by atoms with E-state index in [9.17, 15) is 10.1 Å². The number of hydrogen-bond donors (Lipinski definition) is 1. The summed E-state index contributed by atoms with van der Waals surface area (Å²) in [7, 11) is 1.70. The number of nitrogens with one attached hydrogen (secondary N) is 1. The smallest absolute Gasteiger partial charge is 0.298 e. The molecular weight excluding hydrogens is 258 g/mol. The molecule has 6 heteroatoms. The van der Waals surface area contributed by atoms with E-state index in [1.54, 1.807) is 19.2 Å². The fraction of sp³-hybridized carbons (Fsp3) is 0.0714. The molecule has 0 spiro atoms. The fourth-order valence-corrected chi connectivity index (χ4v) is 2.02. The topological polar surface area (TPSA) is 81.2 Å². The van der Waals surface area contributed by atoms with E-state index in [1.165, 1.54) is 6.07 Å². The van der Waals surface area contributed by atoms with Crippen LogP contribution in [0.2, 0.25) is 0 Å². The van der Waals surface area contributed by atoms with Gasteiger partial charge in [-0.05, 0) is 18.2 Å². The highest BCUT2D eigenvalue weighted by Crippen LogP contribution is 2.33. The van der Waals surface area contributed by atoms with Crippen molar-refractivity contribution in [3.63, 3.8) is 0 Å². The zero-order chi connectivity index (χ0) is 14.1. The first-order chi connectivity index (χ1) is 9.69. The number of pyridine rings is 1. The molecule has 0 bridgehead atoms. The third-order valence-corrected chi connectivity index (χ3v) is 2.99. The monoisotopic (exact) mass is 269 g/mol. The minimum Gasteiger partial charge on any atom is -0.454 e. The molecule has 0 aliphatic rings. The van der Waals surface area contributed by atoms with Crippen molar-refractivity contribution in [1.29, 1.82) is 0 Å². The van der Waals surface area contributed by atoms with Crippen molar-refractivity contribution in [2.24, 2.45) is 0 Å². The summed E-state index contributed by atoms with van der Waals surface area (Å²) < 4.78 is 5.65. The number of aromatic nitrogens is 1. The van der Waals surface area contributed by atoms with E-state index in [2.05, 4.69) is 10.3 Å². The lowest BCUT2D eigenvalue weighted by molar-refractivity contribution is -0.384. The molecule has 1 N–H and O–H groups in total. The Morgan fingerprint density at radius 2 is 2.05 bits per heavy atom. The third-order valence-electron chi connectivity index (χ3n) is 2.99. The molecule has 2 heterocycles. The molecule has 0 atom stereocenters. The van der Waals surface area contributed by atoms with Crippen molar-refractivity contribution in [3.8, 4) is 11.5 Å². The minimum absolute atomic E-state index is 0.0805. The molecule has 0 radical (unpaired) electrons. The van der Waals surface area contributed by atoms with Gasteiger partial charge in [-0.15, -0.1) is 0 Å². The van der Waals surface area contributed by atoms with Crippen molar-refractivity contribution in [1.82, 2.24) is 4.98 Å². The Bertz CT molecular complexity index is 762. The maximum atomic E-state index is 11.1. The quantitative estimate of drug-likeness (QED) is 0.581. The van der Waals surface area contributed by atoms with E-state index in [0.29, 0.717) is 17.2 Å². The molecule has 0 aliphatic heterocycles. The van der Waals surface area contributed by atoms with Crippen molar-refractivity contribution in [2.45, 2.75) is 0 Å². The van der Waals surface area contributed by atoms with Gasteiger partial charge in [-0.2, -0.15) is 0 Å². The molecule has 0 fully saturated rings. The van der Waals surface area contributed by atoms with E-state index in [0.717, 1.165) is 5.39 Å². The van der Waals surface area contributed by atoms with Gasteiger partial charge < -0.3 is 9.73 Å². The number of anilines is 1. The van der Waals surface area contributed by atoms with Gasteiger partial charge in [0.15, 0.2) is 11.5 Å². The molecular formula is C14H11N3O3. The highest BCUT2D eigenvalue weighted by atomic mass is 16.6. The highest BCUT2D eigenvalue weighted by Gasteiger charge is 2.20. The average molecular weight is 269 g/mol. The van der Waals surface area contributed by atoms with Crippen LogP contribution in [0.15, 0.2) is 46.9 Å². The summed E-state index contributed by atoms with van der Waals surface area (Å²) >= 11 is 0. The number of rotatable bonds is 3. The Kier molecular flexibility index (Phi) is 2.83. The third kappa shape index (κ3) is 1.97. The molecule has 0 saturated carbocycles. The second-order valence-corrected chi connectivity index (χ2v) is 4.22. The highest BCUT2D eigenvalue weighted by molar-refractivity contribution is 5.83. The maximum absolute atomic E-state index is 11.1. The molecule has 100 valence electrons. The Morgan fingerprint density at radius 1 is 1.25 bits per heavy atom. The van der Waals surface area contributed by atoms with Crippen LogP contribution in [-0.2, 0) is 0 Å². The van der Waals surface area contributed by atoms with Crippen LogP contribution in [0.3, 0.4) is 0 Å².